The van der Waals surface area contributed by atoms with Crippen LogP contribution in [0.4, 0.5) is 0 Å². The molecule has 0 aliphatic carbocycles. The van der Waals surface area contributed by atoms with E-state index in [2.05, 4.69) is 10.3 Å². The topological polar surface area (TPSA) is 65.2 Å². The lowest BCUT2D eigenvalue weighted by atomic mass is 10.00. The van der Waals surface area contributed by atoms with E-state index in [4.69, 9.17) is 23.8 Å². The van der Waals surface area contributed by atoms with E-state index in [1.165, 1.54) is 11.3 Å². The SMILES string of the molecule is Cc1[nH]c(=S)sc1CC(=O)N[C@H]1CC(=O)N(C)[C@H]1c1ccc(Cl)cc1. The first kappa shape index (κ1) is 18.1. The molecule has 1 aliphatic rings. The Morgan fingerprint density at radius 2 is 2.12 bits per heavy atom. The van der Waals surface area contributed by atoms with Crippen LogP contribution in [0.2, 0.25) is 5.02 Å². The van der Waals surface area contributed by atoms with Gasteiger partial charge in [0.05, 0.1) is 18.5 Å². The standard InChI is InChI=1S/C17H18ClN3O2S2/c1-9-13(25-17(24)19-9)8-14(22)20-12-7-15(23)21(2)16(12)10-3-5-11(18)6-4-10/h3-6,12,16H,7-8H2,1-2H3,(H,19,24)(H,20,22)/t12-,16-/m0/s1. The van der Waals surface area contributed by atoms with Gasteiger partial charge in [0.25, 0.3) is 0 Å². The van der Waals surface area contributed by atoms with Crippen molar-refractivity contribution in [2.24, 2.45) is 0 Å². The van der Waals surface area contributed by atoms with E-state index in [1.807, 2.05) is 19.1 Å². The van der Waals surface area contributed by atoms with Crippen LogP contribution in [0.3, 0.4) is 0 Å². The molecule has 1 saturated heterocycles. The van der Waals surface area contributed by atoms with Gasteiger partial charge in [-0.25, -0.2) is 0 Å². The van der Waals surface area contributed by atoms with Crippen LogP contribution in [0.1, 0.15) is 28.6 Å². The maximum atomic E-state index is 12.5. The number of likely N-dealkylation sites (N-methyl/N-ethyl adjacent to an activating group) is 1. The molecule has 1 aromatic carbocycles. The molecule has 1 aromatic heterocycles. The average Bonchev–Trinajstić information content (AvgIpc) is 2.99. The lowest BCUT2D eigenvalue weighted by molar-refractivity contribution is -0.127. The number of hydrogen-bond donors (Lipinski definition) is 2. The Labute approximate surface area is 160 Å². The molecule has 132 valence electrons. The van der Waals surface area contributed by atoms with Gasteiger partial charge in [0.2, 0.25) is 11.8 Å². The van der Waals surface area contributed by atoms with Gasteiger partial charge >= 0.3 is 0 Å². The van der Waals surface area contributed by atoms with Crippen molar-refractivity contribution in [1.82, 2.24) is 15.2 Å². The summed E-state index contributed by atoms with van der Waals surface area (Å²) in [6.07, 6.45) is 0.544. The van der Waals surface area contributed by atoms with Gasteiger partial charge in [0.15, 0.2) is 3.95 Å². The molecule has 8 heteroatoms. The first-order chi connectivity index (χ1) is 11.8. The highest BCUT2D eigenvalue weighted by atomic mass is 35.5. The van der Waals surface area contributed by atoms with E-state index in [0.717, 1.165) is 16.1 Å². The minimum atomic E-state index is -0.265. The fourth-order valence-electron chi connectivity index (χ4n) is 3.12. The molecule has 5 nitrogen and oxygen atoms in total. The molecule has 2 aromatic rings. The fraction of sp³-hybridized carbons (Fsp3) is 0.353. The van der Waals surface area contributed by atoms with Crippen molar-refractivity contribution in [2.45, 2.75) is 31.8 Å². The first-order valence-electron chi connectivity index (χ1n) is 7.84. The number of benzene rings is 1. The van der Waals surface area contributed by atoms with Crippen molar-refractivity contribution in [3.8, 4) is 0 Å². The van der Waals surface area contributed by atoms with Gasteiger partial charge in [0.1, 0.15) is 0 Å². The number of nitrogens with one attached hydrogen (secondary N) is 2. The zero-order chi connectivity index (χ0) is 18.1. The summed E-state index contributed by atoms with van der Waals surface area (Å²) in [5.74, 6) is -0.0980. The number of rotatable bonds is 4. The monoisotopic (exact) mass is 395 g/mol. The largest absolute Gasteiger partial charge is 0.350 e. The van der Waals surface area contributed by atoms with Crippen LogP contribution in [0.25, 0.3) is 0 Å². The van der Waals surface area contributed by atoms with Gasteiger partial charge < -0.3 is 15.2 Å². The third kappa shape index (κ3) is 3.94. The summed E-state index contributed by atoms with van der Waals surface area (Å²) < 4.78 is 0.662. The number of carbonyl (C=O) groups excluding carboxylic acids is 2. The summed E-state index contributed by atoms with van der Waals surface area (Å²) in [5.41, 5.74) is 1.87. The maximum Gasteiger partial charge on any atom is 0.225 e. The van der Waals surface area contributed by atoms with Crippen molar-refractivity contribution < 1.29 is 9.59 Å². The third-order valence-electron chi connectivity index (χ3n) is 4.39. The zero-order valence-electron chi connectivity index (χ0n) is 13.8. The van der Waals surface area contributed by atoms with Crippen LogP contribution in [0.15, 0.2) is 24.3 Å². The molecule has 2 amide bonds. The molecular weight excluding hydrogens is 378 g/mol. The van der Waals surface area contributed by atoms with Gasteiger partial charge in [-0.2, -0.15) is 0 Å². The lowest BCUT2D eigenvalue weighted by Crippen LogP contribution is -2.39. The van der Waals surface area contributed by atoms with E-state index in [1.54, 1.807) is 24.1 Å². The van der Waals surface area contributed by atoms with Crippen molar-refractivity contribution >= 4 is 47.0 Å². The molecule has 25 heavy (non-hydrogen) atoms. The Morgan fingerprint density at radius 1 is 1.44 bits per heavy atom. The number of H-pyrrole nitrogens is 1. The molecule has 1 fully saturated rings. The number of thiazole rings is 1. The van der Waals surface area contributed by atoms with E-state index in [-0.39, 0.29) is 36.7 Å². The summed E-state index contributed by atoms with van der Waals surface area (Å²) in [4.78, 5) is 30.3. The molecule has 0 radical (unpaired) electrons. The van der Waals surface area contributed by atoms with E-state index in [9.17, 15) is 9.59 Å². The van der Waals surface area contributed by atoms with Crippen LogP contribution in [0, 0.1) is 10.9 Å². The number of nitrogens with zero attached hydrogens (tertiary/aromatic N) is 1. The second kappa shape index (κ2) is 7.27. The summed E-state index contributed by atoms with van der Waals surface area (Å²) in [7, 11) is 1.76. The second-order valence-corrected chi connectivity index (χ2v) is 8.33. The average molecular weight is 396 g/mol. The second-order valence-electron chi connectivity index (χ2n) is 6.12. The number of aromatic nitrogens is 1. The quantitative estimate of drug-likeness (QED) is 0.780. The number of likely N-dealkylation sites (tertiary alicyclic amines) is 1. The molecule has 0 bridgehead atoms. The number of halogens is 1. The third-order valence-corrected chi connectivity index (χ3v) is 5.98. The Balaban J connectivity index is 1.76. The summed E-state index contributed by atoms with van der Waals surface area (Å²) >= 11 is 12.5. The first-order valence-corrected chi connectivity index (χ1v) is 9.44. The van der Waals surface area contributed by atoms with Crippen molar-refractivity contribution in [2.75, 3.05) is 7.05 Å². The molecule has 2 heterocycles. The number of aromatic amines is 1. The van der Waals surface area contributed by atoms with Crippen LogP contribution in [-0.4, -0.2) is 34.8 Å². The highest BCUT2D eigenvalue weighted by Gasteiger charge is 2.39. The predicted molar refractivity (Wildman–Crippen MR) is 101 cm³/mol. The highest BCUT2D eigenvalue weighted by Crippen LogP contribution is 2.32. The Hall–Kier alpha value is -1.70. The van der Waals surface area contributed by atoms with E-state index >= 15 is 0 Å². The van der Waals surface area contributed by atoms with Gasteiger partial charge in [-0.3, -0.25) is 9.59 Å². The molecule has 3 rings (SSSR count). The zero-order valence-corrected chi connectivity index (χ0v) is 16.2. The molecular formula is C17H18ClN3O2S2. The highest BCUT2D eigenvalue weighted by molar-refractivity contribution is 7.73. The van der Waals surface area contributed by atoms with Gasteiger partial charge in [-0.1, -0.05) is 23.7 Å². The molecule has 0 saturated carbocycles. The number of amides is 2. The maximum absolute atomic E-state index is 12.5. The predicted octanol–water partition coefficient (Wildman–Crippen LogP) is 3.40. The lowest BCUT2D eigenvalue weighted by Gasteiger charge is -2.26. The Kier molecular flexibility index (Phi) is 5.27. The van der Waals surface area contributed by atoms with Crippen LogP contribution < -0.4 is 5.32 Å². The summed E-state index contributed by atoms with van der Waals surface area (Å²) in [5, 5.41) is 3.65. The smallest absolute Gasteiger partial charge is 0.225 e. The summed E-state index contributed by atoms with van der Waals surface area (Å²) in [6, 6.07) is 6.91. The van der Waals surface area contributed by atoms with Crippen molar-refractivity contribution in [3.05, 3.63) is 49.4 Å². The van der Waals surface area contributed by atoms with Gasteiger partial charge in [0, 0.05) is 29.1 Å². The Bertz CT molecular complexity index is 860. The molecule has 0 unspecified atom stereocenters. The Morgan fingerprint density at radius 3 is 2.72 bits per heavy atom. The minimum absolute atomic E-state index is 0.0127. The van der Waals surface area contributed by atoms with Crippen LogP contribution >= 0.6 is 35.2 Å². The normalized spacial score (nSPS) is 20.1. The van der Waals surface area contributed by atoms with Crippen molar-refractivity contribution in [1.29, 1.82) is 0 Å². The molecule has 1 aliphatic heterocycles. The van der Waals surface area contributed by atoms with Gasteiger partial charge in [-0.05, 0) is 36.8 Å². The number of carbonyl (C=O) groups is 2. The van der Waals surface area contributed by atoms with Crippen molar-refractivity contribution in [3.63, 3.8) is 0 Å². The van der Waals surface area contributed by atoms with E-state index in [0.29, 0.717) is 8.98 Å². The molecule has 0 spiro atoms. The molecule has 2 atom stereocenters. The number of hydrogen-bond acceptors (Lipinski definition) is 4. The van der Waals surface area contributed by atoms with Crippen LogP contribution in [0.5, 0.6) is 0 Å². The van der Waals surface area contributed by atoms with Crippen LogP contribution in [-0.2, 0) is 16.0 Å². The number of aryl methyl sites for hydroxylation is 1. The summed E-state index contributed by atoms with van der Waals surface area (Å²) in [6.45, 7) is 1.90. The van der Waals surface area contributed by atoms with E-state index < -0.39 is 0 Å². The van der Waals surface area contributed by atoms with Gasteiger partial charge in [-0.15, -0.1) is 11.3 Å². The fourth-order valence-corrected chi connectivity index (χ4v) is 4.54. The minimum Gasteiger partial charge on any atom is -0.350 e. The molecule has 2 N–H and O–H groups in total.